The van der Waals surface area contributed by atoms with Gasteiger partial charge in [-0.3, -0.25) is 4.79 Å². The van der Waals surface area contributed by atoms with Gasteiger partial charge in [0.1, 0.15) is 5.75 Å². The highest BCUT2D eigenvalue weighted by molar-refractivity contribution is 5.95. The van der Waals surface area contributed by atoms with Crippen LogP contribution in [0.3, 0.4) is 0 Å². The monoisotopic (exact) mass is 380 g/mol. The number of hydrogen-bond donors (Lipinski definition) is 1. The van der Waals surface area contributed by atoms with E-state index in [1.807, 2.05) is 30.3 Å². The molecular formula is C22H24N2O4. The number of nitriles is 1. The summed E-state index contributed by atoms with van der Waals surface area (Å²) in [5.41, 5.74) is 2.26. The van der Waals surface area contributed by atoms with Gasteiger partial charge in [0.15, 0.2) is 12.7 Å². The summed E-state index contributed by atoms with van der Waals surface area (Å²) in [6.45, 7) is 5.37. The van der Waals surface area contributed by atoms with E-state index in [0.717, 1.165) is 17.7 Å². The van der Waals surface area contributed by atoms with Crippen molar-refractivity contribution in [2.45, 2.75) is 39.2 Å². The number of rotatable bonds is 8. The number of nitrogens with one attached hydrogen (secondary N) is 1. The maximum Gasteiger partial charge on any atom is 0.344 e. The molecule has 2 aromatic carbocycles. The predicted octanol–water partition coefficient (Wildman–Crippen LogP) is 4.02. The second-order valence-electron chi connectivity index (χ2n) is 6.44. The molecule has 6 nitrogen and oxygen atoms in total. The summed E-state index contributed by atoms with van der Waals surface area (Å²) < 4.78 is 10.5. The Kier molecular flexibility index (Phi) is 7.58. The zero-order valence-electron chi connectivity index (χ0n) is 16.3. The molecule has 0 unspecified atom stereocenters. The third-order valence-corrected chi connectivity index (χ3v) is 4.38. The predicted molar refractivity (Wildman–Crippen MR) is 106 cm³/mol. The van der Waals surface area contributed by atoms with Gasteiger partial charge in [-0.25, -0.2) is 4.79 Å². The summed E-state index contributed by atoms with van der Waals surface area (Å²) >= 11 is 0. The van der Waals surface area contributed by atoms with Crippen LogP contribution in [0.5, 0.6) is 5.75 Å². The molecule has 1 N–H and O–H groups in total. The first-order chi connectivity index (χ1) is 13.4. The van der Waals surface area contributed by atoms with Gasteiger partial charge < -0.3 is 14.8 Å². The van der Waals surface area contributed by atoms with Crippen LogP contribution in [0.15, 0.2) is 48.5 Å². The normalized spacial score (nSPS) is 12.4. The number of para-hydroxylation sites is 1. The Balaban J connectivity index is 1.88. The number of carbonyl (C=O) groups is 2. The van der Waals surface area contributed by atoms with Crippen molar-refractivity contribution < 1.29 is 19.1 Å². The number of anilines is 1. The van der Waals surface area contributed by atoms with Gasteiger partial charge in [-0.05, 0) is 55.2 Å². The van der Waals surface area contributed by atoms with Gasteiger partial charge in [-0.2, -0.15) is 5.26 Å². The molecule has 146 valence electrons. The fourth-order valence-corrected chi connectivity index (χ4v) is 2.55. The van der Waals surface area contributed by atoms with Crippen molar-refractivity contribution in [3.63, 3.8) is 0 Å². The van der Waals surface area contributed by atoms with Crippen LogP contribution in [-0.4, -0.2) is 24.6 Å². The lowest BCUT2D eigenvalue weighted by molar-refractivity contribution is -0.155. The lowest BCUT2D eigenvalue weighted by Gasteiger charge is -2.18. The Labute approximate surface area is 165 Å². The SMILES string of the molecule is CC[C@H](C)c1ccccc1NC(=O)[C@H](C)OC(=O)COc1ccc(C#N)cc1. The molecule has 0 aliphatic carbocycles. The lowest BCUT2D eigenvalue weighted by atomic mass is 9.97. The first-order valence-electron chi connectivity index (χ1n) is 9.16. The van der Waals surface area contributed by atoms with Crippen LogP contribution in [0.2, 0.25) is 0 Å². The van der Waals surface area contributed by atoms with E-state index < -0.39 is 18.0 Å². The molecule has 28 heavy (non-hydrogen) atoms. The van der Waals surface area contributed by atoms with Gasteiger partial charge in [-0.15, -0.1) is 0 Å². The van der Waals surface area contributed by atoms with E-state index in [4.69, 9.17) is 14.7 Å². The van der Waals surface area contributed by atoms with Gasteiger partial charge in [0, 0.05) is 5.69 Å². The summed E-state index contributed by atoms with van der Waals surface area (Å²) in [6.07, 6.45) is -0.00791. The van der Waals surface area contributed by atoms with E-state index in [-0.39, 0.29) is 6.61 Å². The van der Waals surface area contributed by atoms with Crippen molar-refractivity contribution in [2.75, 3.05) is 11.9 Å². The smallest absolute Gasteiger partial charge is 0.344 e. The number of benzene rings is 2. The molecule has 6 heteroatoms. The largest absolute Gasteiger partial charge is 0.482 e. The molecule has 0 bridgehead atoms. The molecule has 0 radical (unpaired) electrons. The Bertz CT molecular complexity index is 856. The number of nitrogens with zero attached hydrogens (tertiary/aromatic N) is 1. The van der Waals surface area contributed by atoms with Crippen molar-refractivity contribution in [2.24, 2.45) is 0 Å². The third-order valence-electron chi connectivity index (χ3n) is 4.38. The fourth-order valence-electron chi connectivity index (χ4n) is 2.55. The van der Waals surface area contributed by atoms with Gasteiger partial charge in [0.2, 0.25) is 0 Å². The topological polar surface area (TPSA) is 88.4 Å². The molecule has 0 heterocycles. The molecule has 1 amide bonds. The molecule has 0 aliphatic rings. The van der Waals surface area contributed by atoms with Crippen molar-refractivity contribution in [1.29, 1.82) is 5.26 Å². The van der Waals surface area contributed by atoms with Gasteiger partial charge in [0.25, 0.3) is 5.91 Å². The minimum Gasteiger partial charge on any atom is -0.482 e. The number of amides is 1. The fraction of sp³-hybridized carbons (Fsp3) is 0.318. The highest BCUT2D eigenvalue weighted by Gasteiger charge is 2.20. The highest BCUT2D eigenvalue weighted by atomic mass is 16.6. The maximum absolute atomic E-state index is 12.4. The Morgan fingerprint density at radius 2 is 1.79 bits per heavy atom. The highest BCUT2D eigenvalue weighted by Crippen LogP contribution is 2.26. The van der Waals surface area contributed by atoms with Crippen LogP contribution < -0.4 is 10.1 Å². The molecule has 0 aromatic heterocycles. The van der Waals surface area contributed by atoms with E-state index in [9.17, 15) is 9.59 Å². The van der Waals surface area contributed by atoms with Crippen molar-refractivity contribution in [1.82, 2.24) is 0 Å². The van der Waals surface area contributed by atoms with E-state index in [2.05, 4.69) is 19.2 Å². The summed E-state index contributed by atoms with van der Waals surface area (Å²) in [5, 5.41) is 11.6. The average Bonchev–Trinajstić information content (AvgIpc) is 2.72. The van der Waals surface area contributed by atoms with Crippen LogP contribution in [0.1, 0.15) is 44.2 Å². The van der Waals surface area contributed by atoms with Crippen LogP contribution in [0.4, 0.5) is 5.69 Å². The van der Waals surface area contributed by atoms with Crippen molar-refractivity contribution in [3.8, 4) is 11.8 Å². The quantitative estimate of drug-likeness (QED) is 0.699. The molecule has 0 spiro atoms. The second-order valence-corrected chi connectivity index (χ2v) is 6.44. The van der Waals surface area contributed by atoms with Gasteiger partial charge in [0.05, 0.1) is 11.6 Å². The zero-order valence-corrected chi connectivity index (χ0v) is 16.3. The Morgan fingerprint density at radius 1 is 1.11 bits per heavy atom. The Morgan fingerprint density at radius 3 is 2.43 bits per heavy atom. The van der Waals surface area contributed by atoms with Crippen LogP contribution in [-0.2, 0) is 14.3 Å². The molecule has 0 fully saturated rings. The molecule has 2 aromatic rings. The summed E-state index contributed by atoms with van der Waals surface area (Å²) in [7, 11) is 0. The van der Waals surface area contributed by atoms with E-state index in [1.165, 1.54) is 6.92 Å². The molecule has 0 saturated carbocycles. The number of esters is 1. The molecule has 2 rings (SSSR count). The minimum absolute atomic E-state index is 0.301. The molecule has 2 atom stereocenters. The van der Waals surface area contributed by atoms with E-state index in [0.29, 0.717) is 17.2 Å². The van der Waals surface area contributed by atoms with Crippen molar-refractivity contribution >= 4 is 17.6 Å². The molecule has 0 aliphatic heterocycles. The van der Waals surface area contributed by atoms with Crippen LogP contribution >= 0.6 is 0 Å². The van der Waals surface area contributed by atoms with Crippen LogP contribution in [0, 0.1) is 11.3 Å². The minimum atomic E-state index is -0.956. The standard InChI is InChI=1S/C22H24N2O4/c1-4-15(2)19-7-5-6-8-20(19)24-22(26)16(3)28-21(25)14-27-18-11-9-17(13-23)10-12-18/h5-12,15-16H,4,14H2,1-3H3,(H,24,26)/t15-,16-/m0/s1. The summed E-state index contributed by atoms with van der Waals surface area (Å²) in [5.74, 6) is -0.310. The van der Waals surface area contributed by atoms with E-state index >= 15 is 0 Å². The van der Waals surface area contributed by atoms with Crippen molar-refractivity contribution in [3.05, 3.63) is 59.7 Å². The first kappa shape index (κ1) is 21.0. The Hall–Kier alpha value is -3.33. The molecular weight excluding hydrogens is 356 g/mol. The van der Waals surface area contributed by atoms with Crippen LogP contribution in [0.25, 0.3) is 0 Å². The van der Waals surface area contributed by atoms with Gasteiger partial charge >= 0.3 is 5.97 Å². The summed E-state index contributed by atoms with van der Waals surface area (Å²) in [4.78, 5) is 24.3. The number of ether oxygens (including phenoxy) is 2. The van der Waals surface area contributed by atoms with E-state index in [1.54, 1.807) is 24.3 Å². The lowest BCUT2D eigenvalue weighted by Crippen LogP contribution is -2.32. The zero-order chi connectivity index (χ0) is 20.5. The summed E-state index contributed by atoms with van der Waals surface area (Å²) in [6, 6.07) is 16.0. The average molecular weight is 380 g/mol. The van der Waals surface area contributed by atoms with Gasteiger partial charge in [-0.1, -0.05) is 32.0 Å². The first-order valence-corrected chi connectivity index (χ1v) is 9.16. The number of hydrogen-bond acceptors (Lipinski definition) is 5. The third kappa shape index (κ3) is 5.85. The maximum atomic E-state index is 12.4. The molecule has 0 saturated heterocycles. The second kappa shape index (κ2) is 10.1. The number of carbonyl (C=O) groups excluding carboxylic acids is 2.